The molecule has 51 heteroatoms. The molecule has 0 bridgehead atoms. The molecule has 18 atom stereocenters. The lowest BCUT2D eigenvalue weighted by molar-refractivity contribution is -0.142. The third-order valence-corrected chi connectivity index (χ3v) is 29.0. The maximum atomic E-state index is 15.0. The fraction of sp³-hybridized carbons (Fsp3) is 0.630. The molecule has 2 saturated heterocycles. The highest BCUT2D eigenvalue weighted by atomic mass is 33.1. The molecule has 31 N–H and O–H groups in total. The molecule has 0 aromatic heterocycles. The SMILES string of the molecule is CC[C@H](C)[C@H](NC(=O)[C@H](Cc1ccc(O)cc1)NC(=O)[C@@H](N)CSSC1(CC(=O)N[C@@H](C(=O)N[C@@H](Cc2ccccc2)C(=O)N[C@H](C(=O)N[C@@H](CC(N)=O)C(=O)N[C@@H](CS)C(=O)N2CCC[C@H]2C(=O)N[C@@H](CCCNC(=N)N)C(=O)NCC(N)=O)[C@@H](C)CC)[C@@H](C)CC)CCCCC1)C(=O)N[C@@H](CCC(N)=O)C(=O)N[C@@H](CC(N)=O)C(=O)N[C@@H](CS)C(=O)N1CCC[C@H]1C(=O)N[C@@H](CC(C)C)C(=O)NCC(N)=O. The van der Waals surface area contributed by atoms with Crippen molar-refractivity contribution < 1.29 is 106 Å². The summed E-state index contributed by atoms with van der Waals surface area (Å²) in [6.07, 6.45) is 2.06. The predicted octanol–water partition coefficient (Wildman–Crippen LogP) is -4.69. The smallest absolute Gasteiger partial charge is 0.246 e. The highest BCUT2D eigenvalue weighted by Gasteiger charge is 2.46. The van der Waals surface area contributed by atoms with Crippen molar-refractivity contribution in [1.29, 1.82) is 5.41 Å². The summed E-state index contributed by atoms with van der Waals surface area (Å²) < 4.78 is -0.798. The van der Waals surface area contributed by atoms with E-state index >= 15 is 0 Å². The summed E-state index contributed by atoms with van der Waals surface area (Å²) in [6.45, 7) is 12.9. The van der Waals surface area contributed by atoms with Crippen LogP contribution in [0.25, 0.3) is 0 Å². The fourth-order valence-electron chi connectivity index (χ4n) is 16.3. The van der Waals surface area contributed by atoms with E-state index in [2.05, 4.69) is 105 Å². The Morgan fingerprint density at radius 1 is 0.441 bits per heavy atom. The summed E-state index contributed by atoms with van der Waals surface area (Å²) in [7, 11) is 2.51. The molecule has 5 rings (SSSR count). The number of nitrogens with zero attached hydrogens (tertiary/aromatic N) is 2. The van der Waals surface area contributed by atoms with Gasteiger partial charge in [-0.1, -0.05) is 158 Å². The second kappa shape index (κ2) is 61.0. The van der Waals surface area contributed by atoms with Crippen LogP contribution in [-0.4, -0.2) is 290 Å². The van der Waals surface area contributed by atoms with Crippen LogP contribution in [0.4, 0.5) is 0 Å². The standard InChI is InChI=1S/C92H145N25O22S4/c1-9-49(6)73(86(135)109-60(38-52-21-14-12-15-22-52)83(132)115-75(51(8)11-3)88(137)110-62(41-69(96)121)81(130)112-64(46-141)89(138)116-35-19-24-65(116)84(133)104-56(23-18-34-101-91(99)100)77(126)102-43-70(97)122)113-72(124)42-92(32-16-13-17-33-92)143-142-47-55(93)76(125)106-59(39-53-26-28-54(118)29-27-53)82(131)114-74(50(7)10-2)87(136)105-57(30-31-67(94)119)79(128)107-61(40-68(95)120)80(129)111-63(45-140)90(139)117-36-20-25-66(117)85(134)108-58(37-48(4)5)78(127)103-44-71(98)123/h12,14-15,21-22,26-29,48-51,55-66,73-75,118,140-141H,9-11,13,16-20,23-25,30-47,93H2,1-8H3,(H2,94,119)(H2,95,120)(H2,96,121)(H2,97,122)(H2,98,123)(H,102,126)(H,103,127)(H,104,133)(H,105,136)(H,106,125)(H,107,128)(H,108,134)(H,109,135)(H,110,137)(H,111,129)(H,112,130)(H,113,124)(H,114,131)(H,115,132)(H4,99,100,101)/t49-,50-,51-,55-,56-,57-,58-,59-,60-,61-,62-,63-,64-,65-,66-,73+,74-,75-/m0/s1. The Bertz CT molecular complexity index is 4760. The predicted molar refractivity (Wildman–Crippen MR) is 538 cm³/mol. The Kier molecular flexibility index (Phi) is 51.7. The van der Waals surface area contributed by atoms with Gasteiger partial charge in [0.15, 0.2) is 5.96 Å². The molecular weight excluding hydrogens is 1940 g/mol. The highest BCUT2D eigenvalue weighted by molar-refractivity contribution is 8.77. The molecule has 3 aliphatic rings. The van der Waals surface area contributed by atoms with Gasteiger partial charge >= 0.3 is 0 Å². The van der Waals surface area contributed by atoms with Crippen LogP contribution in [0.3, 0.4) is 0 Å². The number of aromatic hydroxyl groups is 1. The van der Waals surface area contributed by atoms with Gasteiger partial charge in [0.05, 0.1) is 32.0 Å². The Morgan fingerprint density at radius 2 is 0.839 bits per heavy atom. The Hall–Kier alpha value is -12.3. The molecule has 0 spiro atoms. The van der Waals surface area contributed by atoms with E-state index in [1.807, 2.05) is 0 Å². The first-order valence-corrected chi connectivity index (χ1v) is 51.6. The number of amides is 21. The Labute approximate surface area is 850 Å². The largest absolute Gasteiger partial charge is 0.508 e. The van der Waals surface area contributed by atoms with Gasteiger partial charge < -0.3 is 135 Å². The number of likely N-dealkylation sites (tertiary alicyclic amines) is 2. The lowest BCUT2D eigenvalue weighted by Crippen LogP contribution is -2.62. The summed E-state index contributed by atoms with van der Waals surface area (Å²) in [5.41, 5.74) is 40.3. The van der Waals surface area contributed by atoms with E-state index in [0.717, 1.165) is 6.42 Å². The maximum Gasteiger partial charge on any atom is 0.246 e. The van der Waals surface area contributed by atoms with Crippen molar-refractivity contribution in [3.8, 4) is 5.75 Å². The number of phenols is 1. The van der Waals surface area contributed by atoms with Crippen molar-refractivity contribution in [3.63, 3.8) is 0 Å². The van der Waals surface area contributed by atoms with Gasteiger partial charge in [-0.2, -0.15) is 25.3 Å². The van der Waals surface area contributed by atoms with Gasteiger partial charge in [-0.15, -0.1) is 0 Å². The fourth-order valence-corrected chi connectivity index (χ4v) is 20.2. The second-order valence-corrected chi connectivity index (χ2v) is 40.3. The third-order valence-electron chi connectivity index (χ3n) is 24.9. The van der Waals surface area contributed by atoms with Crippen molar-refractivity contribution >= 4 is 177 Å². The van der Waals surface area contributed by atoms with E-state index in [1.54, 1.807) is 85.7 Å². The number of carbonyl (C=O) groups is 21. The average molecular weight is 2080 g/mol. The summed E-state index contributed by atoms with van der Waals surface area (Å²) in [5.74, 6) is -22.0. The molecule has 47 nitrogen and oxygen atoms in total. The number of phenolic OH excluding ortho intramolecular Hbond substituents is 1. The Morgan fingerprint density at radius 3 is 1.27 bits per heavy atom. The number of hydrogen-bond donors (Lipinski definition) is 26. The summed E-state index contributed by atoms with van der Waals surface area (Å²) in [5, 5.41) is 56.6. The van der Waals surface area contributed by atoms with Crippen LogP contribution in [-0.2, 0) is 114 Å². The van der Waals surface area contributed by atoms with Crippen LogP contribution in [0.15, 0.2) is 54.6 Å². The number of hydrogen-bond acceptors (Lipinski definition) is 28. The highest BCUT2D eigenvalue weighted by Crippen LogP contribution is 2.48. The van der Waals surface area contributed by atoms with Gasteiger partial charge in [-0.05, 0) is 111 Å². The summed E-state index contributed by atoms with van der Waals surface area (Å²) in [6, 6.07) is -7.32. The van der Waals surface area contributed by atoms with E-state index in [1.165, 1.54) is 55.7 Å². The van der Waals surface area contributed by atoms with Gasteiger partial charge in [0.1, 0.15) is 90.3 Å². The molecule has 0 unspecified atom stereocenters. The minimum atomic E-state index is -1.86. The van der Waals surface area contributed by atoms with Gasteiger partial charge in [0.2, 0.25) is 124 Å². The minimum absolute atomic E-state index is 0.00412. The lowest BCUT2D eigenvalue weighted by atomic mass is 9.85. The second-order valence-electron chi connectivity index (χ2n) is 36.8. The number of benzene rings is 2. The molecule has 2 aromatic carbocycles. The average Bonchev–Trinajstić information content (AvgIpc) is 1.68. The van der Waals surface area contributed by atoms with E-state index in [0.29, 0.717) is 56.1 Å². The normalized spacial score (nSPS) is 17.7. The first-order valence-electron chi connectivity index (χ1n) is 48.0. The number of rotatable bonds is 62. The molecular formula is C92H145N25O22S4. The van der Waals surface area contributed by atoms with Crippen LogP contribution in [0, 0.1) is 29.1 Å². The molecule has 1 saturated carbocycles. The molecule has 143 heavy (non-hydrogen) atoms. The molecule has 21 amide bonds. The summed E-state index contributed by atoms with van der Waals surface area (Å²) in [4.78, 5) is 292. The monoisotopic (exact) mass is 2080 g/mol. The number of thiol groups is 2. The molecule has 2 aromatic rings. The van der Waals surface area contributed by atoms with Gasteiger partial charge in [-0.3, -0.25) is 106 Å². The molecule has 3 fully saturated rings. The van der Waals surface area contributed by atoms with Crippen LogP contribution in [0.5, 0.6) is 5.75 Å². The summed E-state index contributed by atoms with van der Waals surface area (Å²) >= 11 is 8.63. The third kappa shape index (κ3) is 40.8. The topological polar surface area (TPSA) is 772 Å². The van der Waals surface area contributed by atoms with Crippen LogP contribution in [0.1, 0.15) is 195 Å². The van der Waals surface area contributed by atoms with Crippen molar-refractivity contribution in [2.45, 2.75) is 292 Å². The molecule has 1 aliphatic carbocycles. The van der Waals surface area contributed by atoms with Crippen LogP contribution < -0.4 is 120 Å². The number of carbonyl (C=O) groups excluding carboxylic acids is 21. The zero-order chi connectivity index (χ0) is 107. The first-order chi connectivity index (χ1) is 67.6. The van der Waals surface area contributed by atoms with Gasteiger partial charge in [-0.25, -0.2) is 0 Å². The Balaban J connectivity index is 1.30. The molecule has 2 aliphatic heterocycles. The number of nitrogens with one attached hydrogen (secondary N) is 16. The van der Waals surface area contributed by atoms with Crippen LogP contribution in [0.2, 0.25) is 0 Å². The molecule has 0 radical (unpaired) electrons. The first kappa shape index (κ1) is 121. The van der Waals surface area contributed by atoms with Gasteiger partial charge in [0, 0.05) is 67.3 Å². The van der Waals surface area contributed by atoms with Crippen molar-refractivity contribution in [2.24, 2.45) is 63.8 Å². The van der Waals surface area contributed by atoms with E-state index < -0.39 is 276 Å². The maximum absolute atomic E-state index is 15.0. The lowest BCUT2D eigenvalue weighted by Gasteiger charge is -2.36. The zero-order valence-corrected chi connectivity index (χ0v) is 85.5. The number of nitrogens with two attached hydrogens (primary N) is 7. The number of guanidine groups is 1. The van der Waals surface area contributed by atoms with E-state index in [9.17, 15) is 106 Å². The molecule has 794 valence electrons. The van der Waals surface area contributed by atoms with Crippen molar-refractivity contribution in [3.05, 3.63) is 65.7 Å². The van der Waals surface area contributed by atoms with Crippen LogP contribution >= 0.6 is 46.8 Å². The van der Waals surface area contributed by atoms with E-state index in [4.69, 9.17) is 45.5 Å². The van der Waals surface area contributed by atoms with E-state index in [-0.39, 0.29) is 119 Å². The quantitative estimate of drug-likeness (QED) is 0.00973. The van der Waals surface area contributed by atoms with Gasteiger partial charge in [0.25, 0.3) is 0 Å². The van der Waals surface area contributed by atoms with Crippen molar-refractivity contribution in [2.75, 3.05) is 50.0 Å². The number of primary amides is 5. The molecule has 2 heterocycles. The van der Waals surface area contributed by atoms with Crippen molar-refractivity contribution in [1.82, 2.24) is 89.6 Å². The minimum Gasteiger partial charge on any atom is -0.508 e. The zero-order valence-electron chi connectivity index (χ0n) is 82.0.